The molecule has 2 fully saturated rings. The molecule has 2 aliphatic rings. The van der Waals surface area contributed by atoms with Gasteiger partial charge in [-0.3, -0.25) is 14.5 Å². The minimum atomic E-state index is -0.906. The van der Waals surface area contributed by atoms with Crippen LogP contribution in [0.15, 0.2) is 30.5 Å². The first kappa shape index (κ1) is 18.5. The Bertz CT molecular complexity index is 958. The molecule has 28 heavy (non-hydrogen) atoms. The molecule has 146 valence electrons. The molecule has 1 aliphatic heterocycles. The lowest BCUT2D eigenvalue weighted by atomic mass is 9.96. The summed E-state index contributed by atoms with van der Waals surface area (Å²) in [4.78, 5) is 42.9. The minimum absolute atomic E-state index is 0.140. The summed E-state index contributed by atoms with van der Waals surface area (Å²) in [5.74, 6) is -1.01. The molecule has 1 aromatic carbocycles. The molecule has 1 saturated carbocycles. The highest BCUT2D eigenvalue weighted by Gasteiger charge is 2.56. The van der Waals surface area contributed by atoms with Crippen molar-refractivity contribution in [2.24, 2.45) is 5.92 Å². The number of nitrogens with one attached hydrogen (secondary N) is 2. The van der Waals surface area contributed by atoms with Crippen LogP contribution in [0.1, 0.15) is 30.2 Å². The van der Waals surface area contributed by atoms with E-state index in [4.69, 9.17) is 0 Å². The highest BCUT2D eigenvalue weighted by Crippen LogP contribution is 2.42. The van der Waals surface area contributed by atoms with E-state index in [0.717, 1.165) is 28.2 Å². The summed E-state index contributed by atoms with van der Waals surface area (Å²) >= 11 is 1.27. The van der Waals surface area contributed by atoms with Gasteiger partial charge in [0.15, 0.2) is 5.13 Å². The molecule has 7 nitrogen and oxygen atoms in total. The number of nitrogens with zero attached hydrogens (tertiary/aromatic N) is 2. The van der Waals surface area contributed by atoms with E-state index in [2.05, 4.69) is 15.6 Å². The molecule has 1 unspecified atom stereocenters. The topological polar surface area (TPSA) is 91.4 Å². The number of amides is 4. The minimum Gasteiger partial charge on any atom is -0.323 e. The number of benzene rings is 1. The van der Waals surface area contributed by atoms with Crippen molar-refractivity contribution in [3.05, 3.63) is 46.7 Å². The molecule has 0 bridgehead atoms. The lowest BCUT2D eigenvalue weighted by molar-refractivity contribution is -0.134. The number of imide groups is 1. The molecular formula is C19H19FN4O3S. The van der Waals surface area contributed by atoms with E-state index < -0.39 is 17.5 Å². The van der Waals surface area contributed by atoms with Crippen LogP contribution in [0.5, 0.6) is 0 Å². The van der Waals surface area contributed by atoms with Crippen molar-refractivity contribution >= 4 is 34.3 Å². The molecule has 1 atom stereocenters. The van der Waals surface area contributed by atoms with Crippen LogP contribution in [0.25, 0.3) is 0 Å². The van der Waals surface area contributed by atoms with E-state index in [1.165, 1.54) is 23.5 Å². The molecule has 2 N–H and O–H groups in total. The number of halogens is 1. The molecule has 2 heterocycles. The standard InChI is InChI=1S/C19H19FN4O3S/c1-19(12-5-6-12)16(26)24(18(27)23-19)10-15(25)22-17-21-9-14(28-17)8-11-3-2-4-13(20)7-11/h2-4,7,9,12H,5-6,8,10H2,1H3,(H,23,27)(H,21,22,25). The van der Waals surface area contributed by atoms with Crippen LogP contribution in [0.3, 0.4) is 0 Å². The summed E-state index contributed by atoms with van der Waals surface area (Å²) in [6.45, 7) is 1.36. The van der Waals surface area contributed by atoms with Gasteiger partial charge in [-0.2, -0.15) is 0 Å². The van der Waals surface area contributed by atoms with E-state index >= 15 is 0 Å². The number of carbonyl (C=O) groups is 3. The molecular weight excluding hydrogens is 383 g/mol. The van der Waals surface area contributed by atoms with Gasteiger partial charge in [0.1, 0.15) is 17.9 Å². The maximum absolute atomic E-state index is 13.3. The van der Waals surface area contributed by atoms with Gasteiger partial charge in [-0.25, -0.2) is 14.2 Å². The van der Waals surface area contributed by atoms with Crippen molar-refractivity contribution in [3.8, 4) is 0 Å². The van der Waals surface area contributed by atoms with Gasteiger partial charge >= 0.3 is 6.03 Å². The van der Waals surface area contributed by atoms with Gasteiger partial charge in [-0.05, 0) is 43.4 Å². The molecule has 9 heteroatoms. The van der Waals surface area contributed by atoms with Crippen molar-refractivity contribution in [1.82, 2.24) is 15.2 Å². The van der Waals surface area contributed by atoms with E-state index in [-0.39, 0.29) is 24.2 Å². The average molecular weight is 402 g/mol. The number of anilines is 1. The molecule has 4 amide bonds. The number of hydrogen-bond donors (Lipinski definition) is 2. The summed E-state index contributed by atoms with van der Waals surface area (Å²) in [6.07, 6.45) is 3.91. The van der Waals surface area contributed by atoms with Gasteiger partial charge in [0.2, 0.25) is 5.91 Å². The number of carbonyl (C=O) groups excluding carboxylic acids is 3. The largest absolute Gasteiger partial charge is 0.325 e. The van der Waals surface area contributed by atoms with Crippen molar-refractivity contribution in [2.45, 2.75) is 31.7 Å². The van der Waals surface area contributed by atoms with Gasteiger partial charge in [-0.1, -0.05) is 12.1 Å². The van der Waals surface area contributed by atoms with E-state index in [1.54, 1.807) is 19.2 Å². The Kier molecular flexibility index (Phi) is 4.62. The monoisotopic (exact) mass is 402 g/mol. The highest BCUT2D eigenvalue weighted by molar-refractivity contribution is 7.15. The summed E-state index contributed by atoms with van der Waals surface area (Å²) in [7, 11) is 0. The molecule has 1 saturated heterocycles. The predicted octanol–water partition coefficient (Wildman–Crippen LogP) is 2.53. The van der Waals surface area contributed by atoms with Gasteiger partial charge in [0.25, 0.3) is 5.91 Å². The van der Waals surface area contributed by atoms with Crippen LogP contribution >= 0.6 is 11.3 Å². The fourth-order valence-electron chi connectivity index (χ4n) is 3.39. The normalized spacial score (nSPS) is 21.7. The summed E-state index contributed by atoms with van der Waals surface area (Å²) < 4.78 is 13.3. The number of aromatic nitrogens is 1. The zero-order valence-corrected chi connectivity index (χ0v) is 16.0. The number of rotatable bonds is 6. The Morgan fingerprint density at radius 3 is 2.93 bits per heavy atom. The average Bonchev–Trinajstić information content (AvgIpc) is 3.37. The van der Waals surface area contributed by atoms with Crippen LogP contribution in [0.4, 0.5) is 14.3 Å². The first-order valence-corrected chi connectivity index (χ1v) is 9.80. The molecule has 1 aromatic heterocycles. The number of thiazole rings is 1. The van der Waals surface area contributed by atoms with Crippen LogP contribution in [0.2, 0.25) is 0 Å². The zero-order chi connectivity index (χ0) is 19.9. The molecule has 0 spiro atoms. The second-order valence-corrected chi connectivity index (χ2v) is 8.40. The van der Waals surface area contributed by atoms with E-state index in [0.29, 0.717) is 11.6 Å². The second-order valence-electron chi connectivity index (χ2n) is 7.28. The van der Waals surface area contributed by atoms with Crippen LogP contribution in [-0.4, -0.2) is 39.8 Å². The molecule has 4 rings (SSSR count). The number of hydrogen-bond acceptors (Lipinski definition) is 5. The van der Waals surface area contributed by atoms with E-state index in [1.807, 2.05) is 6.07 Å². The Morgan fingerprint density at radius 1 is 1.43 bits per heavy atom. The van der Waals surface area contributed by atoms with Gasteiger partial charge in [-0.15, -0.1) is 11.3 Å². The van der Waals surface area contributed by atoms with Crippen molar-refractivity contribution in [3.63, 3.8) is 0 Å². The maximum atomic E-state index is 13.3. The summed E-state index contributed by atoms with van der Waals surface area (Å²) in [6, 6.07) is 5.75. The first-order valence-electron chi connectivity index (χ1n) is 8.98. The third-order valence-corrected chi connectivity index (χ3v) is 5.98. The first-order chi connectivity index (χ1) is 13.3. The Morgan fingerprint density at radius 2 is 2.21 bits per heavy atom. The van der Waals surface area contributed by atoms with Crippen LogP contribution in [0, 0.1) is 11.7 Å². The lowest BCUT2D eigenvalue weighted by Crippen LogP contribution is -2.46. The molecule has 1 aliphatic carbocycles. The third kappa shape index (κ3) is 3.62. The maximum Gasteiger partial charge on any atom is 0.325 e. The lowest BCUT2D eigenvalue weighted by Gasteiger charge is -2.20. The van der Waals surface area contributed by atoms with Gasteiger partial charge < -0.3 is 10.6 Å². The Hall–Kier alpha value is -2.81. The van der Waals surface area contributed by atoms with Crippen molar-refractivity contribution < 1.29 is 18.8 Å². The molecule has 0 radical (unpaired) electrons. The van der Waals surface area contributed by atoms with Crippen molar-refractivity contribution in [1.29, 1.82) is 0 Å². The third-order valence-electron chi connectivity index (χ3n) is 5.06. The quantitative estimate of drug-likeness (QED) is 0.727. The smallest absolute Gasteiger partial charge is 0.323 e. The predicted molar refractivity (Wildman–Crippen MR) is 101 cm³/mol. The van der Waals surface area contributed by atoms with Gasteiger partial charge in [0, 0.05) is 17.5 Å². The van der Waals surface area contributed by atoms with Crippen molar-refractivity contribution in [2.75, 3.05) is 11.9 Å². The number of urea groups is 1. The van der Waals surface area contributed by atoms with Crippen LogP contribution < -0.4 is 10.6 Å². The Balaban J connectivity index is 1.36. The fraction of sp³-hybridized carbons (Fsp3) is 0.368. The summed E-state index contributed by atoms with van der Waals surface area (Å²) in [5.41, 5.74) is -0.100. The van der Waals surface area contributed by atoms with Gasteiger partial charge in [0.05, 0.1) is 0 Å². The Labute approximate surface area is 164 Å². The second kappa shape index (κ2) is 6.97. The van der Waals surface area contributed by atoms with E-state index in [9.17, 15) is 18.8 Å². The SMILES string of the molecule is CC1(C2CC2)NC(=O)N(CC(=O)Nc2ncc(Cc3cccc(F)c3)s2)C1=O. The van der Waals surface area contributed by atoms with Crippen LogP contribution in [-0.2, 0) is 16.0 Å². The highest BCUT2D eigenvalue weighted by atomic mass is 32.1. The zero-order valence-electron chi connectivity index (χ0n) is 15.2. The summed E-state index contributed by atoms with van der Waals surface area (Å²) in [5, 5.41) is 5.70. The molecule has 2 aromatic rings. The fourth-order valence-corrected chi connectivity index (χ4v) is 4.26.